The number of terminal acetylenes is 2. The maximum absolute atomic E-state index is 13.6. The first-order valence-electron chi connectivity index (χ1n) is 20.7. The fourth-order valence-electron chi connectivity index (χ4n) is 9.35. The van der Waals surface area contributed by atoms with Gasteiger partial charge < -0.3 is 9.47 Å². The van der Waals surface area contributed by atoms with Crippen molar-refractivity contribution in [3.05, 3.63) is 238 Å². The van der Waals surface area contributed by atoms with Crippen molar-refractivity contribution in [2.75, 3.05) is 9.80 Å². The third-order valence-corrected chi connectivity index (χ3v) is 12.3. The number of ether oxygens (including phenoxy) is 2. The van der Waals surface area contributed by atoms with E-state index < -0.39 is 29.0 Å². The quantitative estimate of drug-likeness (QED) is 0.112. The monoisotopic (exact) mass is 840 g/mol. The largest absolute Gasteiger partial charge is 0.457 e. The molecular weight excluding hydrogens is 809 g/mol. The predicted octanol–water partition coefficient (Wildman–Crippen LogP) is 11.2. The minimum Gasteiger partial charge on any atom is -0.457 e. The highest BCUT2D eigenvalue weighted by Crippen LogP contribution is 2.56. The Morgan fingerprint density at radius 1 is 0.369 bits per heavy atom. The molecule has 0 bridgehead atoms. The molecule has 0 atom stereocenters. The van der Waals surface area contributed by atoms with Gasteiger partial charge in [-0.05, 0) is 130 Å². The van der Waals surface area contributed by atoms with Gasteiger partial charge in [0.2, 0.25) is 0 Å². The lowest BCUT2D eigenvalue weighted by Crippen LogP contribution is -2.29. The highest BCUT2D eigenvalue weighted by molar-refractivity contribution is 6.35. The van der Waals surface area contributed by atoms with Crippen LogP contribution < -0.4 is 19.3 Å². The molecular formula is C57H32N2O6. The lowest BCUT2D eigenvalue weighted by atomic mass is 9.68. The second-order valence-electron chi connectivity index (χ2n) is 15.8. The molecule has 0 saturated carbocycles. The van der Waals surface area contributed by atoms with E-state index in [-0.39, 0.29) is 22.3 Å². The van der Waals surface area contributed by atoms with Gasteiger partial charge in [-0.25, -0.2) is 9.80 Å². The molecule has 0 spiro atoms. The van der Waals surface area contributed by atoms with Crippen molar-refractivity contribution in [3.63, 3.8) is 0 Å². The number of imide groups is 2. The zero-order chi connectivity index (χ0) is 44.4. The summed E-state index contributed by atoms with van der Waals surface area (Å²) >= 11 is 0. The Kier molecular flexibility index (Phi) is 8.92. The molecule has 0 N–H and O–H groups in total. The Morgan fingerprint density at radius 2 is 0.754 bits per heavy atom. The molecule has 0 saturated heterocycles. The summed E-state index contributed by atoms with van der Waals surface area (Å²) in [4.78, 5) is 56.2. The standard InChI is InChI=1S/C57H32N2O6/c1-3-35-11-9-13-39(31-35)58-53(60)47-29-27-43(33-49(47)55(58)62)64-41-23-19-37(20-24-41)57(51-17-7-5-15-45(51)46-16-6-8-18-52(46)57)38-21-25-42(26-22-38)65-44-28-30-48-50(34-44)56(63)59(54(48)61)40-14-10-12-36(4-2)32-40/h1-2,5-34H. The van der Waals surface area contributed by atoms with Gasteiger partial charge in [-0.3, -0.25) is 19.2 Å². The molecule has 0 unspecified atom stereocenters. The molecule has 2 heterocycles. The third kappa shape index (κ3) is 6.05. The number of fused-ring (bicyclic) bond motifs is 5. The molecule has 0 fully saturated rings. The van der Waals surface area contributed by atoms with E-state index in [4.69, 9.17) is 22.3 Å². The fraction of sp³-hybridized carbons (Fsp3) is 0.0175. The number of anilines is 2. The molecule has 8 aromatic rings. The lowest BCUT2D eigenvalue weighted by molar-refractivity contribution is 0.0910. The molecule has 1 aliphatic carbocycles. The maximum atomic E-state index is 13.6. The van der Waals surface area contributed by atoms with Crippen LogP contribution in [-0.4, -0.2) is 23.6 Å². The molecule has 4 amide bonds. The highest BCUT2D eigenvalue weighted by Gasteiger charge is 2.46. The zero-order valence-electron chi connectivity index (χ0n) is 34.3. The Bertz CT molecular complexity index is 3220. The van der Waals surface area contributed by atoms with Gasteiger partial charge in [-0.2, -0.15) is 0 Å². The molecule has 306 valence electrons. The van der Waals surface area contributed by atoms with Crippen LogP contribution >= 0.6 is 0 Å². The van der Waals surface area contributed by atoms with E-state index in [9.17, 15) is 19.2 Å². The Morgan fingerprint density at radius 3 is 1.17 bits per heavy atom. The highest BCUT2D eigenvalue weighted by atomic mass is 16.5. The topological polar surface area (TPSA) is 93.2 Å². The van der Waals surface area contributed by atoms with Crippen molar-refractivity contribution < 1.29 is 28.7 Å². The van der Waals surface area contributed by atoms with Gasteiger partial charge in [0.1, 0.15) is 23.0 Å². The van der Waals surface area contributed by atoms with Crippen LogP contribution in [-0.2, 0) is 5.41 Å². The van der Waals surface area contributed by atoms with Crippen LogP contribution in [0.4, 0.5) is 11.4 Å². The van der Waals surface area contributed by atoms with E-state index in [1.807, 2.05) is 48.5 Å². The van der Waals surface area contributed by atoms with Gasteiger partial charge in [0, 0.05) is 11.1 Å². The molecule has 11 rings (SSSR count). The van der Waals surface area contributed by atoms with Gasteiger partial charge >= 0.3 is 0 Å². The van der Waals surface area contributed by atoms with E-state index >= 15 is 0 Å². The number of rotatable bonds is 8. The zero-order valence-corrected chi connectivity index (χ0v) is 34.3. The first-order valence-corrected chi connectivity index (χ1v) is 20.7. The van der Waals surface area contributed by atoms with Crippen LogP contribution in [0.3, 0.4) is 0 Å². The summed E-state index contributed by atoms with van der Waals surface area (Å²) in [5.74, 6) is 5.25. The van der Waals surface area contributed by atoms with E-state index in [0.29, 0.717) is 45.5 Å². The summed E-state index contributed by atoms with van der Waals surface area (Å²) in [6.45, 7) is 0. The molecule has 8 aromatic carbocycles. The first kappa shape index (κ1) is 38.7. The summed E-state index contributed by atoms with van der Waals surface area (Å²) in [7, 11) is 0. The Hall–Kier alpha value is -9.24. The SMILES string of the molecule is C#Cc1cccc(N2C(=O)c3ccc(Oc4ccc(C5(c6ccc(Oc7ccc8c(c7)C(=O)N(c7cccc(C#C)c7)C8=O)cc6)c6ccccc6-c6ccccc65)cc4)cc3C2=O)c1. The van der Waals surface area contributed by atoms with Gasteiger partial charge in [0.15, 0.2) is 0 Å². The number of hydrogen-bond acceptors (Lipinski definition) is 6. The average molecular weight is 841 g/mol. The van der Waals surface area contributed by atoms with E-state index in [1.54, 1.807) is 84.9 Å². The normalized spacial score (nSPS) is 14.0. The number of carbonyl (C=O) groups is 4. The van der Waals surface area contributed by atoms with Gasteiger partial charge in [-0.1, -0.05) is 96.8 Å². The summed E-state index contributed by atoms with van der Waals surface area (Å²) in [6, 6.07) is 55.9. The second kappa shape index (κ2) is 15.0. The van der Waals surface area contributed by atoms with Crippen molar-refractivity contribution >= 4 is 35.0 Å². The number of benzene rings is 8. The average Bonchev–Trinajstić information content (AvgIpc) is 3.89. The van der Waals surface area contributed by atoms with E-state index in [1.165, 1.54) is 0 Å². The van der Waals surface area contributed by atoms with Crippen molar-refractivity contribution in [3.8, 4) is 58.8 Å². The van der Waals surface area contributed by atoms with Gasteiger partial charge in [-0.15, -0.1) is 12.8 Å². The van der Waals surface area contributed by atoms with Crippen LogP contribution in [0, 0.1) is 24.7 Å². The summed E-state index contributed by atoms with van der Waals surface area (Å²) in [5.41, 5.74) is 8.73. The Labute approximate surface area is 373 Å². The van der Waals surface area contributed by atoms with Crippen LogP contribution in [0.1, 0.15) is 74.8 Å². The first-order chi connectivity index (χ1) is 31.8. The minimum atomic E-state index is -0.731. The fourth-order valence-corrected chi connectivity index (χ4v) is 9.35. The number of carbonyl (C=O) groups excluding carboxylic acids is 4. The molecule has 65 heavy (non-hydrogen) atoms. The van der Waals surface area contributed by atoms with Crippen LogP contribution in [0.25, 0.3) is 11.1 Å². The van der Waals surface area contributed by atoms with Gasteiger partial charge in [0.25, 0.3) is 23.6 Å². The molecule has 0 radical (unpaired) electrons. The molecule has 0 aromatic heterocycles. The maximum Gasteiger partial charge on any atom is 0.266 e. The molecule has 2 aliphatic heterocycles. The van der Waals surface area contributed by atoms with Crippen molar-refractivity contribution in [2.24, 2.45) is 0 Å². The number of nitrogens with zero attached hydrogens (tertiary/aromatic N) is 2. The smallest absolute Gasteiger partial charge is 0.266 e. The van der Waals surface area contributed by atoms with E-state index in [2.05, 4.69) is 60.4 Å². The van der Waals surface area contributed by atoms with E-state index in [0.717, 1.165) is 43.2 Å². The Balaban J connectivity index is 0.900. The third-order valence-electron chi connectivity index (χ3n) is 12.3. The molecule has 8 heteroatoms. The summed E-state index contributed by atoms with van der Waals surface area (Å²) in [5, 5.41) is 0. The molecule has 8 nitrogen and oxygen atoms in total. The number of amides is 4. The molecule has 3 aliphatic rings. The second-order valence-corrected chi connectivity index (χ2v) is 15.8. The van der Waals surface area contributed by atoms with Crippen LogP contribution in [0.5, 0.6) is 23.0 Å². The van der Waals surface area contributed by atoms with Gasteiger partial charge in [0.05, 0.1) is 39.0 Å². The summed E-state index contributed by atoms with van der Waals surface area (Å²) in [6.07, 6.45) is 11.2. The minimum absolute atomic E-state index is 0.245. The van der Waals surface area contributed by atoms with Crippen molar-refractivity contribution in [2.45, 2.75) is 5.41 Å². The predicted molar refractivity (Wildman–Crippen MR) is 248 cm³/mol. The van der Waals surface area contributed by atoms with Crippen molar-refractivity contribution in [1.82, 2.24) is 0 Å². The summed E-state index contributed by atoms with van der Waals surface area (Å²) < 4.78 is 12.7. The van der Waals surface area contributed by atoms with Crippen molar-refractivity contribution in [1.29, 1.82) is 0 Å². The van der Waals surface area contributed by atoms with Crippen LogP contribution in [0.2, 0.25) is 0 Å². The lowest BCUT2D eigenvalue weighted by Gasteiger charge is -2.34. The van der Waals surface area contributed by atoms with Crippen LogP contribution in [0.15, 0.2) is 182 Å². The number of hydrogen-bond donors (Lipinski definition) is 0.